The Balaban J connectivity index is 2.62. The zero-order chi connectivity index (χ0) is 12.4. The third-order valence-corrected chi connectivity index (χ3v) is 2.10. The number of carboxylic acids is 1. The first-order valence-corrected chi connectivity index (χ1v) is 4.50. The van der Waals surface area contributed by atoms with E-state index in [9.17, 15) is 14.0 Å². The van der Waals surface area contributed by atoms with Gasteiger partial charge in [-0.1, -0.05) is 0 Å². The van der Waals surface area contributed by atoms with Crippen molar-refractivity contribution in [3.63, 3.8) is 0 Å². The van der Waals surface area contributed by atoms with Gasteiger partial charge in [0.2, 0.25) is 0 Å². The van der Waals surface area contributed by atoms with Crippen LogP contribution >= 0.6 is 0 Å². The minimum absolute atomic E-state index is 0.0121. The highest BCUT2D eigenvalue weighted by atomic mass is 19.1. The molecule has 0 saturated carbocycles. The van der Waals surface area contributed by atoms with Gasteiger partial charge in [0.05, 0.1) is 18.1 Å². The Morgan fingerprint density at radius 1 is 1.47 bits per heavy atom. The third-order valence-electron chi connectivity index (χ3n) is 2.10. The Kier molecular flexibility index (Phi) is 2.65. The summed E-state index contributed by atoms with van der Waals surface area (Å²) in [6.07, 6.45) is 5.00. The van der Waals surface area contributed by atoms with Crippen molar-refractivity contribution >= 4 is 12.3 Å². The number of halogens is 1. The number of nitrogens with zero attached hydrogens (tertiary/aromatic N) is 3. The van der Waals surface area contributed by atoms with Crippen LogP contribution < -0.4 is 0 Å². The van der Waals surface area contributed by atoms with Crippen LogP contribution in [0.2, 0.25) is 0 Å². The van der Waals surface area contributed by atoms with Gasteiger partial charge < -0.3 is 9.67 Å². The normalized spacial score (nSPS) is 10.2. The maximum Gasteiger partial charge on any atom is 0.340 e. The van der Waals surface area contributed by atoms with Gasteiger partial charge in [0.1, 0.15) is 17.6 Å². The molecule has 17 heavy (non-hydrogen) atoms. The summed E-state index contributed by atoms with van der Waals surface area (Å²) in [7, 11) is 0. The number of aromatic carboxylic acids is 1. The Morgan fingerprint density at radius 3 is 2.82 bits per heavy atom. The number of aromatic nitrogens is 3. The summed E-state index contributed by atoms with van der Waals surface area (Å²) in [6.45, 7) is 0. The highest BCUT2D eigenvalue weighted by Crippen LogP contribution is 2.16. The largest absolute Gasteiger partial charge is 0.478 e. The van der Waals surface area contributed by atoms with Crippen LogP contribution in [0, 0.1) is 5.82 Å². The third kappa shape index (κ3) is 1.89. The fraction of sp³-hybridized carbons (Fsp3) is 0. The van der Waals surface area contributed by atoms with Crippen molar-refractivity contribution in [1.82, 2.24) is 14.5 Å². The van der Waals surface area contributed by atoms with Crippen molar-refractivity contribution < 1.29 is 19.1 Å². The molecule has 6 nitrogen and oxygen atoms in total. The lowest BCUT2D eigenvalue weighted by Gasteiger charge is -2.06. The maximum absolute atomic E-state index is 13.3. The second-order valence-corrected chi connectivity index (χ2v) is 3.14. The number of carbonyl (C=O) groups excluding carboxylic acids is 1. The van der Waals surface area contributed by atoms with Crippen LogP contribution in [0.5, 0.6) is 0 Å². The smallest absolute Gasteiger partial charge is 0.340 e. The molecule has 0 aliphatic carbocycles. The number of aldehydes is 1. The second-order valence-electron chi connectivity index (χ2n) is 3.14. The molecule has 0 fully saturated rings. The number of carboxylic acid groups (broad SMARTS) is 1. The Bertz CT molecular complexity index is 594. The van der Waals surface area contributed by atoms with Crippen molar-refractivity contribution in [2.45, 2.75) is 0 Å². The molecule has 7 heteroatoms. The van der Waals surface area contributed by atoms with E-state index in [4.69, 9.17) is 5.11 Å². The van der Waals surface area contributed by atoms with E-state index >= 15 is 0 Å². The number of carbonyl (C=O) groups is 2. The first-order valence-electron chi connectivity index (χ1n) is 4.50. The van der Waals surface area contributed by atoms with Gasteiger partial charge in [-0.2, -0.15) is 0 Å². The van der Waals surface area contributed by atoms with Gasteiger partial charge in [-0.15, -0.1) is 0 Å². The van der Waals surface area contributed by atoms with E-state index in [1.165, 1.54) is 23.3 Å². The van der Waals surface area contributed by atoms with E-state index < -0.39 is 17.3 Å². The lowest BCUT2D eigenvalue weighted by Crippen LogP contribution is -2.08. The molecule has 0 radical (unpaired) electrons. The molecule has 2 heterocycles. The molecule has 2 rings (SSSR count). The zero-order valence-corrected chi connectivity index (χ0v) is 8.37. The van der Waals surface area contributed by atoms with E-state index in [0.29, 0.717) is 6.29 Å². The van der Waals surface area contributed by atoms with Gasteiger partial charge in [0, 0.05) is 6.20 Å². The topological polar surface area (TPSA) is 85.1 Å². The van der Waals surface area contributed by atoms with E-state index in [-0.39, 0.29) is 11.4 Å². The molecule has 0 atom stereocenters. The number of rotatable bonds is 3. The lowest BCUT2D eigenvalue weighted by molar-refractivity contribution is 0.0691. The van der Waals surface area contributed by atoms with Crippen LogP contribution in [0.25, 0.3) is 5.69 Å². The molecule has 0 bridgehead atoms. The molecule has 2 aromatic heterocycles. The van der Waals surface area contributed by atoms with Crippen LogP contribution in [0.15, 0.2) is 24.9 Å². The van der Waals surface area contributed by atoms with E-state index in [2.05, 4.69) is 9.97 Å². The monoisotopic (exact) mass is 235 g/mol. The lowest BCUT2D eigenvalue weighted by atomic mass is 10.2. The summed E-state index contributed by atoms with van der Waals surface area (Å²) in [5.74, 6) is -2.36. The van der Waals surface area contributed by atoms with Crippen molar-refractivity contribution in [1.29, 1.82) is 0 Å². The fourth-order valence-electron chi connectivity index (χ4n) is 1.36. The quantitative estimate of drug-likeness (QED) is 0.799. The number of pyridine rings is 1. The van der Waals surface area contributed by atoms with Crippen LogP contribution in [0.3, 0.4) is 0 Å². The van der Waals surface area contributed by atoms with Crippen molar-refractivity contribution in [2.75, 3.05) is 0 Å². The highest BCUT2D eigenvalue weighted by molar-refractivity contribution is 5.92. The molecule has 0 aliphatic heterocycles. The van der Waals surface area contributed by atoms with Gasteiger partial charge in [-0.25, -0.2) is 14.2 Å². The summed E-state index contributed by atoms with van der Waals surface area (Å²) in [6, 6.07) is 0. The molecule has 1 N–H and O–H groups in total. The Morgan fingerprint density at radius 2 is 2.24 bits per heavy atom. The molecule has 0 saturated heterocycles. The molecular formula is C10H6FN3O3. The van der Waals surface area contributed by atoms with E-state index in [1.807, 2.05) is 0 Å². The summed E-state index contributed by atoms with van der Waals surface area (Å²) < 4.78 is 14.6. The van der Waals surface area contributed by atoms with Crippen LogP contribution in [0.1, 0.15) is 20.8 Å². The molecule has 86 valence electrons. The average molecular weight is 235 g/mol. The predicted octanol–water partition coefficient (Wildman–Crippen LogP) is 0.917. The molecular weight excluding hydrogens is 229 g/mol. The summed E-state index contributed by atoms with van der Waals surface area (Å²) in [4.78, 5) is 28.6. The van der Waals surface area contributed by atoms with E-state index in [1.54, 1.807) is 0 Å². The van der Waals surface area contributed by atoms with Gasteiger partial charge in [-0.05, 0) is 0 Å². The first kappa shape index (κ1) is 10.9. The molecule has 2 aromatic rings. The summed E-state index contributed by atoms with van der Waals surface area (Å²) >= 11 is 0. The van der Waals surface area contributed by atoms with E-state index in [0.717, 1.165) is 6.20 Å². The van der Waals surface area contributed by atoms with Crippen LogP contribution in [-0.4, -0.2) is 31.9 Å². The minimum atomic E-state index is -1.42. The van der Waals surface area contributed by atoms with Crippen molar-refractivity contribution in [3.05, 3.63) is 42.0 Å². The maximum atomic E-state index is 13.3. The number of imidazole rings is 1. The number of hydrogen-bond donors (Lipinski definition) is 1. The zero-order valence-electron chi connectivity index (χ0n) is 8.37. The number of hydrogen-bond acceptors (Lipinski definition) is 4. The standard InChI is InChI=1S/C10H6FN3O3/c11-7-1-12-2-8(9(7)10(16)17)14-3-6(4-15)13-5-14/h1-5H,(H,16,17). The van der Waals surface area contributed by atoms with Crippen molar-refractivity contribution in [3.8, 4) is 5.69 Å². The SMILES string of the molecule is O=Cc1cn(-c2cncc(F)c2C(=O)O)cn1. The summed E-state index contributed by atoms with van der Waals surface area (Å²) in [5, 5.41) is 8.90. The predicted molar refractivity (Wildman–Crippen MR) is 53.7 cm³/mol. The average Bonchev–Trinajstić information content (AvgIpc) is 2.76. The Hall–Kier alpha value is -2.57. The van der Waals surface area contributed by atoms with Gasteiger partial charge in [0.15, 0.2) is 12.1 Å². The second kappa shape index (κ2) is 4.12. The van der Waals surface area contributed by atoms with Crippen LogP contribution in [-0.2, 0) is 0 Å². The summed E-state index contributed by atoms with van der Waals surface area (Å²) in [5.41, 5.74) is -0.390. The van der Waals surface area contributed by atoms with Gasteiger partial charge in [-0.3, -0.25) is 9.78 Å². The molecule has 0 amide bonds. The molecule has 0 unspecified atom stereocenters. The minimum Gasteiger partial charge on any atom is -0.478 e. The van der Waals surface area contributed by atoms with Crippen molar-refractivity contribution in [2.24, 2.45) is 0 Å². The first-order chi connectivity index (χ1) is 8.13. The highest BCUT2D eigenvalue weighted by Gasteiger charge is 2.17. The fourth-order valence-corrected chi connectivity index (χ4v) is 1.36. The molecule has 0 spiro atoms. The Labute approximate surface area is 94.4 Å². The molecule has 0 aromatic carbocycles. The van der Waals surface area contributed by atoms with Gasteiger partial charge in [0.25, 0.3) is 0 Å². The van der Waals surface area contributed by atoms with Crippen LogP contribution in [0.4, 0.5) is 4.39 Å². The van der Waals surface area contributed by atoms with Gasteiger partial charge >= 0.3 is 5.97 Å². The molecule has 0 aliphatic rings.